The molecule has 1 aromatic heterocycles. The Balaban J connectivity index is 2.36. The predicted molar refractivity (Wildman–Crippen MR) is 80.3 cm³/mol. The number of ether oxygens (including phenoxy) is 1. The summed E-state index contributed by atoms with van der Waals surface area (Å²) >= 11 is 0. The van der Waals surface area contributed by atoms with Gasteiger partial charge in [-0.05, 0) is 24.5 Å². The molecule has 0 amide bonds. The van der Waals surface area contributed by atoms with E-state index in [9.17, 15) is 0 Å². The van der Waals surface area contributed by atoms with Crippen molar-refractivity contribution in [1.82, 2.24) is 4.98 Å². The summed E-state index contributed by atoms with van der Waals surface area (Å²) in [6.07, 6.45) is 12.1. The number of nitrogens with two attached hydrogens (primary N) is 1. The van der Waals surface area contributed by atoms with E-state index in [-0.39, 0.29) is 6.04 Å². The second kappa shape index (κ2) is 9.79. The Morgan fingerprint density at radius 3 is 2.63 bits per heavy atom. The van der Waals surface area contributed by atoms with Crippen molar-refractivity contribution < 1.29 is 4.74 Å². The first-order valence-electron chi connectivity index (χ1n) is 7.61. The average Bonchev–Trinajstić information content (AvgIpc) is 2.45. The third-order valence-electron chi connectivity index (χ3n) is 3.25. The zero-order valence-corrected chi connectivity index (χ0v) is 12.4. The lowest BCUT2D eigenvalue weighted by Crippen LogP contribution is -2.11. The Kier molecular flexibility index (Phi) is 8.23. The Morgan fingerprint density at radius 1 is 1.11 bits per heavy atom. The van der Waals surface area contributed by atoms with E-state index in [1.165, 1.54) is 32.1 Å². The topological polar surface area (TPSA) is 48.1 Å². The molecule has 0 aliphatic carbocycles. The standard InChI is InChI=1S/C16H28N2O/c1-3-5-6-7-8-9-16(17)14-11-15(13-18-12-14)19-10-4-2/h11-13,16H,3-10,17H2,1-2H3. The minimum atomic E-state index is 0.0827. The molecule has 1 aromatic rings. The van der Waals surface area contributed by atoms with Crippen LogP contribution >= 0.6 is 0 Å². The van der Waals surface area contributed by atoms with Gasteiger partial charge in [0.1, 0.15) is 5.75 Å². The van der Waals surface area contributed by atoms with E-state index >= 15 is 0 Å². The van der Waals surface area contributed by atoms with E-state index in [2.05, 4.69) is 18.8 Å². The summed E-state index contributed by atoms with van der Waals surface area (Å²) in [5.41, 5.74) is 7.30. The quantitative estimate of drug-likeness (QED) is 0.643. The molecule has 0 spiro atoms. The molecule has 1 atom stereocenters. The van der Waals surface area contributed by atoms with Crippen molar-refractivity contribution in [3.05, 3.63) is 24.0 Å². The molecule has 3 nitrogen and oxygen atoms in total. The van der Waals surface area contributed by atoms with Crippen LogP contribution in [0.3, 0.4) is 0 Å². The lowest BCUT2D eigenvalue weighted by Gasteiger charge is -2.13. The number of rotatable bonds is 10. The first-order chi connectivity index (χ1) is 9.27. The molecule has 3 heteroatoms. The van der Waals surface area contributed by atoms with Crippen LogP contribution in [0.4, 0.5) is 0 Å². The Morgan fingerprint density at radius 2 is 1.89 bits per heavy atom. The molecule has 0 radical (unpaired) electrons. The minimum Gasteiger partial charge on any atom is -0.492 e. The predicted octanol–water partition coefficient (Wildman–Crippen LogP) is 4.23. The molecule has 0 saturated carbocycles. The second-order valence-corrected chi connectivity index (χ2v) is 5.11. The van der Waals surface area contributed by atoms with Gasteiger partial charge < -0.3 is 10.5 Å². The summed E-state index contributed by atoms with van der Waals surface area (Å²) < 4.78 is 5.59. The fourth-order valence-electron chi connectivity index (χ4n) is 2.07. The van der Waals surface area contributed by atoms with Crippen molar-refractivity contribution in [3.63, 3.8) is 0 Å². The van der Waals surface area contributed by atoms with Crippen LogP contribution in [0.5, 0.6) is 5.75 Å². The Bertz CT molecular complexity index is 341. The van der Waals surface area contributed by atoms with Gasteiger partial charge in [-0.1, -0.05) is 46.0 Å². The van der Waals surface area contributed by atoms with Gasteiger partial charge >= 0.3 is 0 Å². The van der Waals surface area contributed by atoms with E-state index in [1.54, 1.807) is 6.20 Å². The van der Waals surface area contributed by atoms with Crippen LogP contribution in [0, 0.1) is 0 Å². The zero-order chi connectivity index (χ0) is 13.9. The van der Waals surface area contributed by atoms with Crippen LogP contribution in [0.15, 0.2) is 18.5 Å². The van der Waals surface area contributed by atoms with Crippen molar-refractivity contribution in [2.75, 3.05) is 6.61 Å². The molecular formula is C16H28N2O. The molecule has 0 aliphatic rings. The minimum absolute atomic E-state index is 0.0827. The highest BCUT2D eigenvalue weighted by Gasteiger charge is 2.07. The third-order valence-corrected chi connectivity index (χ3v) is 3.25. The van der Waals surface area contributed by atoms with Gasteiger partial charge in [0.05, 0.1) is 12.8 Å². The van der Waals surface area contributed by atoms with Crippen molar-refractivity contribution in [1.29, 1.82) is 0 Å². The molecule has 2 N–H and O–H groups in total. The summed E-state index contributed by atoms with van der Waals surface area (Å²) in [7, 11) is 0. The monoisotopic (exact) mass is 264 g/mol. The number of hydrogen-bond donors (Lipinski definition) is 1. The van der Waals surface area contributed by atoms with Crippen LogP contribution in [-0.4, -0.2) is 11.6 Å². The van der Waals surface area contributed by atoms with Crippen LogP contribution in [0.1, 0.15) is 70.4 Å². The number of hydrogen-bond acceptors (Lipinski definition) is 3. The van der Waals surface area contributed by atoms with Crippen LogP contribution in [-0.2, 0) is 0 Å². The number of nitrogens with zero attached hydrogens (tertiary/aromatic N) is 1. The molecule has 1 rings (SSSR count). The summed E-state index contributed by atoms with van der Waals surface area (Å²) in [6.45, 7) is 5.07. The summed E-state index contributed by atoms with van der Waals surface area (Å²) in [5.74, 6) is 0.834. The average molecular weight is 264 g/mol. The highest BCUT2D eigenvalue weighted by molar-refractivity contribution is 5.25. The molecule has 0 aliphatic heterocycles. The van der Waals surface area contributed by atoms with Crippen molar-refractivity contribution in [3.8, 4) is 5.75 Å². The molecule has 0 bridgehead atoms. The molecule has 108 valence electrons. The van der Waals surface area contributed by atoms with Gasteiger partial charge in [-0.2, -0.15) is 0 Å². The molecular weight excluding hydrogens is 236 g/mol. The first-order valence-corrected chi connectivity index (χ1v) is 7.61. The fourth-order valence-corrected chi connectivity index (χ4v) is 2.07. The van der Waals surface area contributed by atoms with Gasteiger partial charge in [0.15, 0.2) is 0 Å². The molecule has 1 heterocycles. The van der Waals surface area contributed by atoms with Gasteiger partial charge in [-0.25, -0.2) is 0 Å². The van der Waals surface area contributed by atoms with Crippen molar-refractivity contribution in [2.45, 2.75) is 64.8 Å². The fraction of sp³-hybridized carbons (Fsp3) is 0.688. The highest BCUT2D eigenvalue weighted by atomic mass is 16.5. The smallest absolute Gasteiger partial charge is 0.137 e. The number of aromatic nitrogens is 1. The zero-order valence-electron chi connectivity index (χ0n) is 12.4. The number of pyridine rings is 1. The van der Waals surface area contributed by atoms with E-state index < -0.39 is 0 Å². The third kappa shape index (κ3) is 6.58. The van der Waals surface area contributed by atoms with E-state index in [4.69, 9.17) is 10.5 Å². The summed E-state index contributed by atoms with van der Waals surface area (Å²) in [5, 5.41) is 0. The first kappa shape index (κ1) is 16.0. The number of unbranched alkanes of at least 4 members (excludes halogenated alkanes) is 4. The van der Waals surface area contributed by atoms with E-state index in [1.807, 2.05) is 12.3 Å². The van der Waals surface area contributed by atoms with Crippen molar-refractivity contribution in [2.24, 2.45) is 5.73 Å². The normalized spacial score (nSPS) is 12.4. The lowest BCUT2D eigenvalue weighted by molar-refractivity contribution is 0.315. The molecule has 0 aromatic carbocycles. The van der Waals surface area contributed by atoms with Gasteiger partial charge in [-0.3, -0.25) is 4.98 Å². The van der Waals surface area contributed by atoms with Gasteiger partial charge in [0, 0.05) is 12.2 Å². The van der Waals surface area contributed by atoms with Crippen molar-refractivity contribution >= 4 is 0 Å². The van der Waals surface area contributed by atoms with Crippen LogP contribution in [0.2, 0.25) is 0 Å². The summed E-state index contributed by atoms with van der Waals surface area (Å²) in [4.78, 5) is 4.21. The maximum atomic E-state index is 6.21. The van der Waals surface area contributed by atoms with Gasteiger partial charge in [0.2, 0.25) is 0 Å². The van der Waals surface area contributed by atoms with Crippen LogP contribution < -0.4 is 10.5 Å². The largest absolute Gasteiger partial charge is 0.492 e. The maximum absolute atomic E-state index is 6.21. The Labute approximate surface area is 117 Å². The Hall–Kier alpha value is -1.09. The van der Waals surface area contributed by atoms with E-state index in [0.717, 1.165) is 30.8 Å². The lowest BCUT2D eigenvalue weighted by atomic mass is 10.0. The van der Waals surface area contributed by atoms with Gasteiger partial charge in [-0.15, -0.1) is 0 Å². The van der Waals surface area contributed by atoms with E-state index in [0.29, 0.717) is 0 Å². The molecule has 0 fully saturated rings. The summed E-state index contributed by atoms with van der Waals surface area (Å²) in [6, 6.07) is 2.11. The molecule has 0 saturated heterocycles. The molecule has 1 unspecified atom stereocenters. The SMILES string of the molecule is CCCCCCCC(N)c1cncc(OCCC)c1. The van der Waals surface area contributed by atoms with Crippen LogP contribution in [0.25, 0.3) is 0 Å². The molecule has 19 heavy (non-hydrogen) atoms. The van der Waals surface area contributed by atoms with Gasteiger partial charge in [0.25, 0.3) is 0 Å². The maximum Gasteiger partial charge on any atom is 0.137 e. The second-order valence-electron chi connectivity index (χ2n) is 5.11. The highest BCUT2D eigenvalue weighted by Crippen LogP contribution is 2.21.